The number of hydrogen-bond donors (Lipinski definition) is 0. The van der Waals surface area contributed by atoms with Crippen LogP contribution in [-0.4, -0.2) is 13.7 Å². The van der Waals surface area contributed by atoms with Crippen molar-refractivity contribution in [3.8, 4) is 11.1 Å². The first-order valence-electron chi connectivity index (χ1n) is 5.34. The SMILES string of the molecule is COCCCCc1ccc2ccscc1-2. The third-order valence-corrected chi connectivity index (χ3v) is 3.34. The van der Waals surface area contributed by atoms with Gasteiger partial charge in [0.1, 0.15) is 0 Å². The van der Waals surface area contributed by atoms with Gasteiger partial charge in [0.15, 0.2) is 0 Å². The number of aryl methyl sites for hydroxylation is 1. The smallest absolute Gasteiger partial charge is 0.0462 e. The highest BCUT2D eigenvalue weighted by Crippen LogP contribution is 2.30. The summed E-state index contributed by atoms with van der Waals surface area (Å²) in [6.45, 7) is 0.876. The van der Waals surface area contributed by atoms with Crippen LogP contribution in [0.2, 0.25) is 0 Å². The Bertz CT molecular complexity index is 380. The molecule has 15 heavy (non-hydrogen) atoms. The van der Waals surface area contributed by atoms with Crippen LogP contribution in [0.4, 0.5) is 0 Å². The second-order valence-electron chi connectivity index (χ2n) is 3.73. The van der Waals surface area contributed by atoms with Gasteiger partial charge in [0, 0.05) is 13.7 Å². The van der Waals surface area contributed by atoms with Crippen molar-refractivity contribution in [3.05, 3.63) is 34.5 Å². The highest BCUT2D eigenvalue weighted by atomic mass is 32.1. The third-order valence-electron chi connectivity index (χ3n) is 2.68. The molecule has 0 amide bonds. The maximum absolute atomic E-state index is 5.05. The quantitative estimate of drug-likeness (QED) is 0.696. The molecule has 0 aromatic carbocycles. The summed E-state index contributed by atoms with van der Waals surface area (Å²) in [7, 11) is 1.76. The van der Waals surface area contributed by atoms with Crippen molar-refractivity contribution in [2.45, 2.75) is 19.3 Å². The minimum Gasteiger partial charge on any atom is -0.385 e. The van der Waals surface area contributed by atoms with Gasteiger partial charge in [-0.3, -0.25) is 0 Å². The number of unbranched alkanes of at least 4 members (excludes halogenated alkanes) is 1. The molecule has 2 aliphatic rings. The summed E-state index contributed by atoms with van der Waals surface area (Å²) in [6.07, 6.45) is 3.54. The highest BCUT2D eigenvalue weighted by molar-refractivity contribution is 7.07. The maximum atomic E-state index is 5.05. The van der Waals surface area contributed by atoms with E-state index in [1.165, 1.54) is 29.5 Å². The van der Waals surface area contributed by atoms with Crippen molar-refractivity contribution < 1.29 is 4.74 Å². The standard InChI is InChI=1S/C13H16OS/c1-14-8-3-2-4-11-5-6-12-7-9-15-10-13(11)12/h5-7,9-10H,2-4,8H2,1H3. The Morgan fingerprint density at radius 3 is 3.00 bits per heavy atom. The fourth-order valence-corrected chi connectivity index (χ4v) is 2.57. The van der Waals surface area contributed by atoms with Gasteiger partial charge in [-0.15, -0.1) is 0 Å². The molecule has 80 valence electrons. The molecule has 0 aromatic rings. The normalized spacial score (nSPS) is 11.0. The van der Waals surface area contributed by atoms with Gasteiger partial charge in [-0.2, -0.15) is 11.3 Å². The zero-order chi connectivity index (χ0) is 10.5. The average Bonchev–Trinajstić information content (AvgIpc) is 2.68. The Labute approximate surface area is 95.0 Å². The Kier molecular flexibility index (Phi) is 3.75. The molecule has 0 fully saturated rings. The van der Waals surface area contributed by atoms with E-state index >= 15 is 0 Å². The van der Waals surface area contributed by atoms with Crippen molar-refractivity contribution in [2.24, 2.45) is 0 Å². The van der Waals surface area contributed by atoms with E-state index in [-0.39, 0.29) is 0 Å². The number of rotatable bonds is 5. The number of hydrogen-bond acceptors (Lipinski definition) is 2. The minimum absolute atomic E-state index is 0.876. The molecule has 1 heterocycles. The van der Waals surface area contributed by atoms with Crippen molar-refractivity contribution in [1.82, 2.24) is 0 Å². The van der Waals surface area contributed by atoms with E-state index in [2.05, 4.69) is 29.0 Å². The van der Waals surface area contributed by atoms with E-state index in [0.29, 0.717) is 0 Å². The lowest BCUT2D eigenvalue weighted by molar-refractivity contribution is 0.193. The Morgan fingerprint density at radius 1 is 1.20 bits per heavy atom. The van der Waals surface area contributed by atoms with Crippen molar-refractivity contribution in [1.29, 1.82) is 0 Å². The summed E-state index contributed by atoms with van der Waals surface area (Å²) >= 11 is 1.77. The molecule has 0 bridgehead atoms. The van der Waals surface area contributed by atoms with Crippen molar-refractivity contribution in [2.75, 3.05) is 13.7 Å². The van der Waals surface area contributed by atoms with Crippen LogP contribution >= 0.6 is 11.3 Å². The van der Waals surface area contributed by atoms with E-state index in [1.807, 2.05) is 0 Å². The molecule has 0 aromatic heterocycles. The van der Waals surface area contributed by atoms with E-state index in [1.54, 1.807) is 18.4 Å². The van der Waals surface area contributed by atoms with Crippen LogP contribution in [0.25, 0.3) is 11.1 Å². The lowest BCUT2D eigenvalue weighted by Crippen LogP contribution is -1.91. The summed E-state index contributed by atoms with van der Waals surface area (Å²) in [5.74, 6) is 0. The third kappa shape index (κ3) is 2.58. The van der Waals surface area contributed by atoms with Crippen molar-refractivity contribution >= 4 is 11.3 Å². The Balaban J connectivity index is 1.97. The van der Waals surface area contributed by atoms with E-state index in [0.717, 1.165) is 13.0 Å². The largest absolute Gasteiger partial charge is 0.385 e. The molecule has 0 N–H and O–H groups in total. The monoisotopic (exact) mass is 220 g/mol. The van der Waals surface area contributed by atoms with Gasteiger partial charge >= 0.3 is 0 Å². The predicted molar refractivity (Wildman–Crippen MR) is 65.8 cm³/mol. The first-order valence-corrected chi connectivity index (χ1v) is 6.29. The first-order chi connectivity index (χ1) is 7.42. The van der Waals surface area contributed by atoms with E-state index < -0.39 is 0 Å². The zero-order valence-electron chi connectivity index (χ0n) is 9.03. The van der Waals surface area contributed by atoms with E-state index in [4.69, 9.17) is 4.74 Å². The fourth-order valence-electron chi connectivity index (χ4n) is 1.84. The zero-order valence-corrected chi connectivity index (χ0v) is 9.85. The van der Waals surface area contributed by atoms with Gasteiger partial charge in [-0.1, -0.05) is 12.1 Å². The molecule has 0 spiro atoms. The minimum atomic E-state index is 0.876. The fraction of sp³-hybridized carbons (Fsp3) is 0.385. The van der Waals surface area contributed by atoms with Gasteiger partial charge in [-0.25, -0.2) is 0 Å². The highest BCUT2D eigenvalue weighted by Gasteiger charge is 2.07. The molecule has 1 aliphatic carbocycles. The molecule has 0 saturated heterocycles. The molecule has 1 nitrogen and oxygen atoms in total. The van der Waals surface area contributed by atoms with Gasteiger partial charge in [-0.05, 0) is 52.8 Å². The Hall–Kier alpha value is -0.860. The molecular formula is C13H16OS. The van der Waals surface area contributed by atoms with Crippen LogP contribution in [0.3, 0.4) is 0 Å². The van der Waals surface area contributed by atoms with E-state index in [9.17, 15) is 0 Å². The maximum Gasteiger partial charge on any atom is 0.0462 e. The summed E-state index contributed by atoms with van der Waals surface area (Å²) in [6, 6.07) is 6.66. The molecular weight excluding hydrogens is 204 g/mol. The number of methoxy groups -OCH3 is 1. The summed E-state index contributed by atoms with van der Waals surface area (Å²) in [5, 5.41) is 4.39. The van der Waals surface area contributed by atoms with Crippen molar-refractivity contribution in [3.63, 3.8) is 0 Å². The van der Waals surface area contributed by atoms with Gasteiger partial charge in [0.2, 0.25) is 0 Å². The van der Waals surface area contributed by atoms with Crippen LogP contribution in [-0.2, 0) is 11.2 Å². The molecule has 0 saturated carbocycles. The van der Waals surface area contributed by atoms with Crippen LogP contribution in [0.1, 0.15) is 18.4 Å². The van der Waals surface area contributed by atoms with Crippen LogP contribution in [0.15, 0.2) is 29.0 Å². The van der Waals surface area contributed by atoms with Gasteiger partial charge in [0.05, 0.1) is 0 Å². The van der Waals surface area contributed by atoms with Gasteiger partial charge < -0.3 is 4.74 Å². The average molecular weight is 220 g/mol. The van der Waals surface area contributed by atoms with Crippen LogP contribution in [0.5, 0.6) is 0 Å². The van der Waals surface area contributed by atoms with Crippen LogP contribution < -0.4 is 0 Å². The molecule has 0 unspecified atom stereocenters. The Morgan fingerprint density at radius 2 is 2.13 bits per heavy atom. The summed E-state index contributed by atoms with van der Waals surface area (Å²) in [5.41, 5.74) is 4.29. The summed E-state index contributed by atoms with van der Waals surface area (Å²) < 4.78 is 5.05. The number of fused-ring (bicyclic) bond motifs is 1. The first kappa shape index (κ1) is 10.7. The van der Waals surface area contributed by atoms with Gasteiger partial charge in [0.25, 0.3) is 0 Å². The summed E-state index contributed by atoms with van der Waals surface area (Å²) in [4.78, 5) is 0. The van der Waals surface area contributed by atoms with Crippen LogP contribution in [0, 0.1) is 0 Å². The molecule has 0 atom stereocenters. The lowest BCUT2D eigenvalue weighted by Gasteiger charge is -2.03. The molecule has 1 aliphatic heterocycles. The molecule has 2 rings (SSSR count). The second-order valence-corrected chi connectivity index (χ2v) is 4.51. The molecule has 2 heteroatoms. The number of ether oxygens (including phenoxy) is 1. The molecule has 0 radical (unpaired) electrons. The lowest BCUT2D eigenvalue weighted by atomic mass is 10.1. The topological polar surface area (TPSA) is 9.23 Å². The predicted octanol–water partition coefficient (Wildman–Crippen LogP) is 3.82. The second kappa shape index (κ2) is 5.29.